The van der Waals surface area contributed by atoms with Crippen molar-refractivity contribution in [3.8, 4) is 0 Å². The normalized spacial score (nSPS) is 19.2. The van der Waals surface area contributed by atoms with Gasteiger partial charge in [-0.3, -0.25) is 14.6 Å². The SMILES string of the molecule is CCCC(=O)N1CC[C@H](N2C(=O)N(c3ccccc3Cl)Cc3cnc(Nc4ccc(N5CCN(C)CC5)c(C)c4)nc32)C1. The summed E-state index contributed by atoms with van der Waals surface area (Å²) in [6, 6.07) is 13.3. The summed E-state index contributed by atoms with van der Waals surface area (Å²) in [7, 11) is 2.16. The largest absolute Gasteiger partial charge is 0.369 e. The summed E-state index contributed by atoms with van der Waals surface area (Å²) in [6.07, 6.45) is 3.77. The van der Waals surface area contributed by atoms with Gasteiger partial charge in [0.2, 0.25) is 11.9 Å². The highest BCUT2D eigenvalue weighted by Gasteiger charge is 2.41. The van der Waals surface area contributed by atoms with Crippen molar-refractivity contribution in [3.63, 3.8) is 0 Å². The van der Waals surface area contributed by atoms with Crippen LogP contribution in [0, 0.1) is 6.92 Å². The fourth-order valence-electron chi connectivity index (χ4n) is 6.24. The van der Waals surface area contributed by atoms with Crippen LogP contribution in [0.4, 0.5) is 33.6 Å². The first-order valence-electron chi connectivity index (χ1n) is 15.1. The number of likely N-dealkylation sites (tertiary alicyclic amines) is 1. The van der Waals surface area contributed by atoms with Gasteiger partial charge >= 0.3 is 6.03 Å². The van der Waals surface area contributed by atoms with Crippen molar-refractivity contribution >= 4 is 52.4 Å². The molecule has 1 N–H and O–H groups in total. The highest BCUT2D eigenvalue weighted by molar-refractivity contribution is 6.34. The highest BCUT2D eigenvalue weighted by atomic mass is 35.5. The summed E-state index contributed by atoms with van der Waals surface area (Å²) < 4.78 is 0. The minimum Gasteiger partial charge on any atom is -0.369 e. The number of piperazine rings is 1. The fourth-order valence-corrected chi connectivity index (χ4v) is 6.48. The Kier molecular flexibility index (Phi) is 8.41. The average Bonchev–Trinajstić information content (AvgIpc) is 3.48. The first-order chi connectivity index (χ1) is 20.8. The summed E-state index contributed by atoms with van der Waals surface area (Å²) >= 11 is 6.54. The molecule has 2 saturated heterocycles. The molecule has 3 aliphatic rings. The Balaban J connectivity index is 1.29. The molecule has 1 atom stereocenters. The van der Waals surface area contributed by atoms with Crippen LogP contribution < -0.4 is 20.0 Å². The highest BCUT2D eigenvalue weighted by Crippen LogP contribution is 2.37. The summed E-state index contributed by atoms with van der Waals surface area (Å²) in [5.41, 5.74) is 4.77. The van der Waals surface area contributed by atoms with E-state index < -0.39 is 0 Å². The van der Waals surface area contributed by atoms with Gasteiger partial charge in [0.15, 0.2) is 0 Å². The molecule has 3 amide bonds. The van der Waals surface area contributed by atoms with E-state index in [1.54, 1.807) is 22.1 Å². The number of para-hydroxylation sites is 1. The maximum Gasteiger partial charge on any atom is 0.330 e. The van der Waals surface area contributed by atoms with Crippen LogP contribution in [0.1, 0.15) is 37.3 Å². The number of hydrogen-bond acceptors (Lipinski definition) is 7. The lowest BCUT2D eigenvalue weighted by atomic mass is 10.1. The molecule has 2 fully saturated rings. The van der Waals surface area contributed by atoms with Crippen molar-refractivity contribution in [2.45, 2.75) is 45.7 Å². The number of nitrogens with one attached hydrogen (secondary N) is 1. The second-order valence-electron chi connectivity index (χ2n) is 11.7. The number of aryl methyl sites for hydroxylation is 1. The number of halogens is 1. The molecule has 4 heterocycles. The second kappa shape index (κ2) is 12.4. The van der Waals surface area contributed by atoms with Gasteiger partial charge in [-0.15, -0.1) is 0 Å². The average molecular weight is 603 g/mol. The predicted molar refractivity (Wildman–Crippen MR) is 172 cm³/mol. The van der Waals surface area contributed by atoms with Crippen molar-refractivity contribution in [1.82, 2.24) is 19.8 Å². The van der Waals surface area contributed by atoms with E-state index >= 15 is 0 Å². The molecule has 0 aliphatic carbocycles. The lowest BCUT2D eigenvalue weighted by Crippen LogP contribution is -2.53. The number of nitrogens with zero attached hydrogens (tertiary/aromatic N) is 7. The number of urea groups is 1. The van der Waals surface area contributed by atoms with Crippen LogP contribution in [0.5, 0.6) is 0 Å². The van der Waals surface area contributed by atoms with E-state index in [1.165, 1.54) is 11.3 Å². The number of fused-ring (bicyclic) bond motifs is 1. The summed E-state index contributed by atoms with van der Waals surface area (Å²) in [4.78, 5) is 46.5. The monoisotopic (exact) mass is 602 g/mol. The van der Waals surface area contributed by atoms with Crippen LogP contribution in [0.3, 0.4) is 0 Å². The molecule has 3 aliphatic heterocycles. The molecule has 0 saturated carbocycles. The molecule has 226 valence electrons. The Bertz CT molecular complexity index is 1510. The molecule has 6 rings (SSSR count). The number of benzene rings is 2. The molecule has 1 aromatic heterocycles. The molecule has 0 radical (unpaired) electrons. The maximum atomic E-state index is 14.2. The third-order valence-electron chi connectivity index (χ3n) is 8.62. The molecule has 3 aromatic rings. The zero-order valence-corrected chi connectivity index (χ0v) is 25.8. The van der Waals surface area contributed by atoms with Crippen molar-refractivity contribution in [2.75, 3.05) is 66.3 Å². The van der Waals surface area contributed by atoms with Crippen LogP contribution in [0.25, 0.3) is 0 Å². The van der Waals surface area contributed by atoms with Crippen molar-refractivity contribution in [1.29, 1.82) is 0 Å². The van der Waals surface area contributed by atoms with E-state index in [-0.39, 0.29) is 18.0 Å². The van der Waals surface area contributed by atoms with Crippen LogP contribution in [-0.4, -0.2) is 84.1 Å². The molecule has 43 heavy (non-hydrogen) atoms. The number of anilines is 5. The summed E-state index contributed by atoms with van der Waals surface area (Å²) in [5.74, 6) is 1.12. The number of hydrogen-bond donors (Lipinski definition) is 1. The summed E-state index contributed by atoms with van der Waals surface area (Å²) in [5, 5.41) is 3.87. The third-order valence-corrected chi connectivity index (χ3v) is 8.94. The molecular formula is C32H39ClN8O2. The quantitative estimate of drug-likeness (QED) is 0.394. The van der Waals surface area contributed by atoms with E-state index in [9.17, 15) is 9.59 Å². The Labute approximate surface area is 258 Å². The van der Waals surface area contributed by atoms with Crippen molar-refractivity contribution in [2.24, 2.45) is 0 Å². The molecule has 2 aromatic carbocycles. The van der Waals surface area contributed by atoms with Gasteiger partial charge < -0.3 is 20.0 Å². The van der Waals surface area contributed by atoms with Gasteiger partial charge in [0.25, 0.3) is 0 Å². The number of rotatable bonds is 7. The third kappa shape index (κ3) is 5.99. The second-order valence-corrected chi connectivity index (χ2v) is 12.1. The lowest BCUT2D eigenvalue weighted by Gasteiger charge is -2.39. The fraction of sp³-hybridized carbons (Fsp3) is 0.438. The molecule has 10 nitrogen and oxygen atoms in total. The number of carbonyl (C=O) groups is 2. The van der Waals surface area contributed by atoms with E-state index in [4.69, 9.17) is 16.6 Å². The first-order valence-corrected chi connectivity index (χ1v) is 15.5. The van der Waals surface area contributed by atoms with E-state index in [1.807, 2.05) is 30.0 Å². The minimum atomic E-state index is -0.204. The number of carbonyl (C=O) groups excluding carboxylic acids is 2. The van der Waals surface area contributed by atoms with E-state index in [2.05, 4.69) is 52.3 Å². The van der Waals surface area contributed by atoms with Crippen molar-refractivity contribution < 1.29 is 9.59 Å². The maximum absolute atomic E-state index is 14.2. The smallest absolute Gasteiger partial charge is 0.330 e. The Morgan fingerprint density at radius 3 is 2.60 bits per heavy atom. The summed E-state index contributed by atoms with van der Waals surface area (Å²) in [6.45, 7) is 9.65. The van der Waals surface area contributed by atoms with Gasteiger partial charge in [0.1, 0.15) is 5.82 Å². The van der Waals surface area contributed by atoms with Gasteiger partial charge in [0, 0.05) is 68.8 Å². The Morgan fingerprint density at radius 2 is 1.86 bits per heavy atom. The van der Waals surface area contributed by atoms with Gasteiger partial charge in [-0.2, -0.15) is 4.98 Å². The van der Waals surface area contributed by atoms with Crippen LogP contribution in [0.2, 0.25) is 5.02 Å². The topological polar surface area (TPSA) is 88.1 Å². The molecule has 0 spiro atoms. The Hall–Kier alpha value is -3.89. The number of likely N-dealkylation sites (N-methyl/N-ethyl adjacent to an activating group) is 1. The van der Waals surface area contributed by atoms with E-state index in [0.29, 0.717) is 55.0 Å². The lowest BCUT2D eigenvalue weighted by molar-refractivity contribution is -0.130. The zero-order valence-electron chi connectivity index (χ0n) is 25.1. The van der Waals surface area contributed by atoms with Gasteiger partial charge in [-0.25, -0.2) is 9.78 Å². The number of amides is 3. The predicted octanol–water partition coefficient (Wildman–Crippen LogP) is 5.28. The van der Waals surface area contributed by atoms with Crippen LogP contribution in [-0.2, 0) is 11.3 Å². The van der Waals surface area contributed by atoms with Crippen LogP contribution in [0.15, 0.2) is 48.7 Å². The molecule has 0 unspecified atom stereocenters. The van der Waals surface area contributed by atoms with Crippen LogP contribution >= 0.6 is 11.6 Å². The molecular weight excluding hydrogens is 564 g/mol. The molecule has 0 bridgehead atoms. The van der Waals surface area contributed by atoms with Crippen molar-refractivity contribution in [3.05, 3.63) is 64.8 Å². The van der Waals surface area contributed by atoms with Gasteiger partial charge in [-0.1, -0.05) is 30.7 Å². The molecule has 11 heteroatoms. The number of aromatic nitrogens is 2. The minimum absolute atomic E-state index is 0.123. The Morgan fingerprint density at radius 1 is 1.07 bits per heavy atom. The first kappa shape index (κ1) is 29.2. The van der Waals surface area contributed by atoms with Gasteiger partial charge in [-0.05, 0) is 62.7 Å². The standard InChI is InChI=1S/C32H39ClN8O2/c1-4-7-29(42)39-13-12-25(21-39)41-30-23(20-40(32(41)43)28-9-6-5-8-26(28)33)19-34-31(36-30)35-24-10-11-27(22(2)18-24)38-16-14-37(3)15-17-38/h5-6,8-11,18-19,25H,4,7,12-17,20-21H2,1-3H3,(H,34,35,36)/t25-/m0/s1. The van der Waals surface area contributed by atoms with Gasteiger partial charge in [0.05, 0.1) is 23.3 Å². The van der Waals surface area contributed by atoms with E-state index in [0.717, 1.165) is 43.9 Å². The zero-order chi connectivity index (χ0) is 30.1.